The second-order valence-corrected chi connectivity index (χ2v) is 5.73. The lowest BCUT2D eigenvalue weighted by Crippen LogP contribution is -2.14. The van der Waals surface area contributed by atoms with Crippen LogP contribution in [0.5, 0.6) is 0 Å². The Labute approximate surface area is 143 Å². The number of aliphatic imine (C=N–C) groups is 1. The number of ether oxygens (including phenoxy) is 1. The number of esters is 1. The van der Waals surface area contributed by atoms with Gasteiger partial charge in [-0.15, -0.1) is 0 Å². The Morgan fingerprint density at radius 2 is 1.79 bits per heavy atom. The SMILES string of the molecule is CCOC(=O)C(C=NC1CC1)=C(O)c1c(F)c(F)c(Br)c(F)c1F. The number of hydrogen-bond acceptors (Lipinski definition) is 4. The Bertz CT molecular complexity index is 716. The molecule has 1 aliphatic rings. The number of hydrogen-bond donors (Lipinski definition) is 1. The third kappa shape index (κ3) is 3.61. The van der Waals surface area contributed by atoms with Crippen molar-refractivity contribution in [3.8, 4) is 0 Å². The number of nitrogens with zero attached hydrogens (tertiary/aromatic N) is 1. The molecule has 0 bridgehead atoms. The third-order valence-electron chi connectivity index (χ3n) is 3.16. The summed E-state index contributed by atoms with van der Waals surface area (Å²) in [6.45, 7) is 1.39. The molecule has 0 spiro atoms. The Morgan fingerprint density at radius 1 is 1.25 bits per heavy atom. The van der Waals surface area contributed by atoms with Crippen LogP contribution in [0.1, 0.15) is 25.3 Å². The number of aliphatic hydroxyl groups is 1. The van der Waals surface area contributed by atoms with Crippen LogP contribution in [0.4, 0.5) is 17.6 Å². The summed E-state index contributed by atoms with van der Waals surface area (Å²) in [7, 11) is 0. The van der Waals surface area contributed by atoms with Crippen LogP contribution in [0.15, 0.2) is 15.0 Å². The molecule has 0 heterocycles. The molecule has 130 valence electrons. The van der Waals surface area contributed by atoms with Crippen molar-refractivity contribution in [2.45, 2.75) is 25.8 Å². The van der Waals surface area contributed by atoms with Crippen LogP contribution < -0.4 is 0 Å². The van der Waals surface area contributed by atoms with Gasteiger partial charge >= 0.3 is 5.97 Å². The van der Waals surface area contributed by atoms with Gasteiger partial charge in [-0.05, 0) is 35.7 Å². The Balaban J connectivity index is 2.64. The lowest BCUT2D eigenvalue weighted by Gasteiger charge is -2.11. The molecule has 1 aliphatic carbocycles. The summed E-state index contributed by atoms with van der Waals surface area (Å²) in [5.41, 5.74) is -2.10. The first kappa shape index (κ1) is 18.4. The molecule has 0 amide bonds. The fraction of sp³-hybridized carbons (Fsp3) is 0.333. The summed E-state index contributed by atoms with van der Waals surface area (Å²) in [6.07, 6.45) is 2.41. The molecule has 0 atom stereocenters. The maximum atomic E-state index is 14.0. The summed E-state index contributed by atoms with van der Waals surface area (Å²) in [5.74, 6) is -9.59. The van der Waals surface area contributed by atoms with E-state index in [9.17, 15) is 27.5 Å². The van der Waals surface area contributed by atoms with Gasteiger partial charge in [-0.1, -0.05) is 0 Å². The predicted molar refractivity (Wildman–Crippen MR) is 81.7 cm³/mol. The average molecular weight is 410 g/mol. The molecule has 1 N–H and O–H groups in total. The highest BCUT2D eigenvalue weighted by Crippen LogP contribution is 2.32. The van der Waals surface area contributed by atoms with Gasteiger partial charge in [0.2, 0.25) is 0 Å². The van der Waals surface area contributed by atoms with Crippen LogP contribution in [0.25, 0.3) is 5.76 Å². The lowest BCUT2D eigenvalue weighted by atomic mass is 10.1. The van der Waals surface area contributed by atoms with Crippen LogP contribution in [-0.2, 0) is 9.53 Å². The monoisotopic (exact) mass is 409 g/mol. The van der Waals surface area contributed by atoms with Crippen molar-refractivity contribution in [3.63, 3.8) is 0 Å². The van der Waals surface area contributed by atoms with Crippen molar-refractivity contribution in [2.24, 2.45) is 4.99 Å². The number of aliphatic hydroxyl groups excluding tert-OH is 1. The zero-order valence-electron chi connectivity index (χ0n) is 12.4. The first-order chi connectivity index (χ1) is 11.3. The minimum absolute atomic E-state index is 0.0738. The van der Waals surface area contributed by atoms with Gasteiger partial charge in [0.05, 0.1) is 22.7 Å². The van der Waals surface area contributed by atoms with Gasteiger partial charge in [-0.2, -0.15) is 0 Å². The Morgan fingerprint density at radius 3 is 2.25 bits per heavy atom. The topological polar surface area (TPSA) is 58.9 Å². The molecule has 1 aromatic rings. The predicted octanol–water partition coefficient (Wildman–Crippen LogP) is 4.07. The molecule has 2 rings (SSSR count). The summed E-state index contributed by atoms with van der Waals surface area (Å²) in [4.78, 5) is 15.8. The van der Waals surface area contributed by atoms with Gasteiger partial charge in [-0.25, -0.2) is 22.4 Å². The summed E-state index contributed by atoms with van der Waals surface area (Å²) < 4.78 is 58.8. The standard InChI is InChI=1S/C15H12BrF4NO3/c1-2-24-15(23)7(5-21-6-3-4-6)14(22)8-10(17)12(19)9(16)13(20)11(8)18/h5-6,22H,2-4H2,1H3. The summed E-state index contributed by atoms with van der Waals surface area (Å²) in [6, 6.07) is -0.0738. The quantitative estimate of drug-likeness (QED) is 0.152. The molecular weight excluding hydrogens is 398 g/mol. The highest BCUT2D eigenvalue weighted by Gasteiger charge is 2.30. The molecule has 9 heteroatoms. The Kier molecular flexibility index (Phi) is 5.63. The molecule has 1 saturated carbocycles. The van der Waals surface area contributed by atoms with Gasteiger partial charge in [0.25, 0.3) is 0 Å². The van der Waals surface area contributed by atoms with Crippen LogP contribution in [-0.4, -0.2) is 29.9 Å². The molecule has 0 aromatic heterocycles. The van der Waals surface area contributed by atoms with E-state index in [1.807, 2.05) is 0 Å². The molecule has 1 aromatic carbocycles. The highest BCUT2D eigenvalue weighted by atomic mass is 79.9. The zero-order chi connectivity index (χ0) is 18.0. The number of rotatable bonds is 5. The van der Waals surface area contributed by atoms with Gasteiger partial charge in [-0.3, -0.25) is 4.99 Å². The Hall–Kier alpha value is -1.90. The third-order valence-corrected chi connectivity index (χ3v) is 3.85. The molecular formula is C15H12BrF4NO3. The van der Waals surface area contributed by atoms with Crippen molar-refractivity contribution < 1.29 is 32.2 Å². The van der Waals surface area contributed by atoms with E-state index in [2.05, 4.69) is 25.7 Å². The molecule has 24 heavy (non-hydrogen) atoms. The summed E-state index contributed by atoms with van der Waals surface area (Å²) in [5, 5.41) is 10.1. The first-order valence-electron chi connectivity index (χ1n) is 6.94. The van der Waals surface area contributed by atoms with Crippen molar-refractivity contribution in [1.29, 1.82) is 0 Å². The fourth-order valence-corrected chi connectivity index (χ4v) is 2.12. The first-order valence-corrected chi connectivity index (χ1v) is 7.74. The maximum Gasteiger partial charge on any atom is 0.343 e. The van der Waals surface area contributed by atoms with E-state index in [1.165, 1.54) is 6.92 Å². The van der Waals surface area contributed by atoms with Crippen LogP contribution in [0.2, 0.25) is 0 Å². The second-order valence-electron chi connectivity index (χ2n) is 4.94. The van der Waals surface area contributed by atoms with E-state index in [0.717, 1.165) is 19.1 Å². The van der Waals surface area contributed by atoms with E-state index < -0.39 is 50.6 Å². The van der Waals surface area contributed by atoms with Gasteiger partial charge in [0.1, 0.15) is 11.3 Å². The molecule has 0 aliphatic heterocycles. The van der Waals surface area contributed by atoms with Crippen LogP contribution in [0, 0.1) is 23.3 Å². The largest absolute Gasteiger partial charge is 0.506 e. The van der Waals surface area contributed by atoms with E-state index in [-0.39, 0.29) is 12.6 Å². The minimum atomic E-state index is -1.85. The van der Waals surface area contributed by atoms with Crippen molar-refractivity contribution in [2.75, 3.05) is 6.61 Å². The average Bonchev–Trinajstić information content (AvgIpc) is 3.36. The zero-order valence-corrected chi connectivity index (χ0v) is 14.0. The molecule has 0 saturated heterocycles. The molecule has 0 radical (unpaired) electrons. The number of carbonyl (C=O) groups is 1. The van der Waals surface area contributed by atoms with E-state index in [0.29, 0.717) is 0 Å². The molecule has 0 unspecified atom stereocenters. The lowest BCUT2D eigenvalue weighted by molar-refractivity contribution is -0.137. The van der Waals surface area contributed by atoms with Gasteiger partial charge < -0.3 is 9.84 Å². The number of benzene rings is 1. The minimum Gasteiger partial charge on any atom is -0.506 e. The molecule has 1 fully saturated rings. The van der Waals surface area contributed by atoms with Crippen LogP contribution >= 0.6 is 15.9 Å². The van der Waals surface area contributed by atoms with Crippen LogP contribution in [0.3, 0.4) is 0 Å². The highest BCUT2D eigenvalue weighted by molar-refractivity contribution is 9.10. The fourth-order valence-electron chi connectivity index (χ4n) is 1.77. The smallest absolute Gasteiger partial charge is 0.343 e. The van der Waals surface area contributed by atoms with E-state index in [1.54, 1.807) is 0 Å². The van der Waals surface area contributed by atoms with Crippen molar-refractivity contribution >= 4 is 33.9 Å². The van der Waals surface area contributed by atoms with Crippen molar-refractivity contribution in [3.05, 3.63) is 38.9 Å². The summed E-state index contributed by atoms with van der Waals surface area (Å²) >= 11 is 2.37. The molecule has 4 nitrogen and oxygen atoms in total. The second kappa shape index (κ2) is 7.33. The van der Waals surface area contributed by atoms with Gasteiger partial charge in [0.15, 0.2) is 23.3 Å². The van der Waals surface area contributed by atoms with Crippen molar-refractivity contribution in [1.82, 2.24) is 0 Å². The van der Waals surface area contributed by atoms with E-state index >= 15 is 0 Å². The number of carbonyl (C=O) groups excluding carboxylic acids is 1. The normalized spacial score (nSPS) is 15.6. The maximum absolute atomic E-state index is 14.0. The number of halogens is 5. The van der Waals surface area contributed by atoms with Gasteiger partial charge in [0, 0.05) is 6.21 Å². The van der Waals surface area contributed by atoms with E-state index in [4.69, 9.17) is 0 Å².